The monoisotopic (exact) mass is 311 g/mol. The van der Waals surface area contributed by atoms with Crippen molar-refractivity contribution in [3.05, 3.63) is 29.8 Å². The standard InChI is InChI=1S/C17H24F2N2O/c1-12(20-14-7-5-3-2-4-6-8-14)17(22)21-16-11-13(18)9-10-15(16)19/h9-12,14,20H,2-8H2,1H3,(H,21,22)/p+1/t12-/m0/s1. The van der Waals surface area contributed by atoms with Crippen LogP contribution in [-0.2, 0) is 4.79 Å². The minimum absolute atomic E-state index is 0.0945. The molecule has 0 aromatic heterocycles. The van der Waals surface area contributed by atoms with E-state index >= 15 is 0 Å². The molecule has 0 bridgehead atoms. The van der Waals surface area contributed by atoms with Crippen molar-refractivity contribution in [2.45, 2.75) is 64.0 Å². The van der Waals surface area contributed by atoms with Crippen molar-refractivity contribution in [2.75, 3.05) is 5.32 Å². The molecule has 1 aromatic rings. The third-order valence-electron chi connectivity index (χ3n) is 4.31. The number of anilines is 1. The zero-order chi connectivity index (χ0) is 15.9. The Bertz CT molecular complexity index is 499. The van der Waals surface area contributed by atoms with Crippen LogP contribution in [0, 0.1) is 11.6 Å². The fourth-order valence-electron chi connectivity index (χ4n) is 3.02. The third kappa shape index (κ3) is 5.05. The number of amides is 1. The smallest absolute Gasteiger partial charge is 0.282 e. The van der Waals surface area contributed by atoms with E-state index in [1.54, 1.807) is 0 Å². The lowest BCUT2D eigenvalue weighted by Crippen LogP contribution is -2.96. The fraction of sp³-hybridized carbons (Fsp3) is 0.588. The zero-order valence-corrected chi connectivity index (χ0v) is 13.1. The van der Waals surface area contributed by atoms with E-state index in [0.29, 0.717) is 6.04 Å². The number of hydrogen-bond donors (Lipinski definition) is 2. The molecular formula is C17H25F2N2O+. The predicted molar refractivity (Wildman–Crippen MR) is 82.5 cm³/mol. The van der Waals surface area contributed by atoms with Crippen LogP contribution in [0.15, 0.2) is 18.2 Å². The lowest BCUT2D eigenvalue weighted by atomic mass is 9.96. The Morgan fingerprint density at radius 2 is 1.82 bits per heavy atom. The number of rotatable bonds is 4. The van der Waals surface area contributed by atoms with Crippen LogP contribution >= 0.6 is 0 Å². The van der Waals surface area contributed by atoms with E-state index in [-0.39, 0.29) is 17.6 Å². The SMILES string of the molecule is C[C@H]([NH2+]C1CCCCCCC1)C(=O)Nc1cc(F)ccc1F. The first-order valence-electron chi connectivity index (χ1n) is 8.17. The second kappa shape index (κ2) is 8.22. The predicted octanol–water partition coefficient (Wildman–Crippen LogP) is 2.97. The van der Waals surface area contributed by atoms with Gasteiger partial charge in [0, 0.05) is 6.07 Å². The van der Waals surface area contributed by atoms with Crippen molar-refractivity contribution in [2.24, 2.45) is 0 Å². The number of nitrogens with two attached hydrogens (primary N) is 1. The molecule has 1 aliphatic carbocycles. The molecule has 1 atom stereocenters. The van der Waals surface area contributed by atoms with Crippen molar-refractivity contribution in [3.63, 3.8) is 0 Å². The summed E-state index contributed by atoms with van der Waals surface area (Å²) in [6.45, 7) is 1.81. The van der Waals surface area contributed by atoms with E-state index in [1.165, 1.54) is 32.1 Å². The molecule has 2 rings (SSSR count). The van der Waals surface area contributed by atoms with Crippen molar-refractivity contribution < 1.29 is 18.9 Å². The molecule has 1 saturated carbocycles. The Kier molecular flexibility index (Phi) is 6.31. The van der Waals surface area contributed by atoms with Gasteiger partial charge in [-0.2, -0.15) is 0 Å². The maximum atomic E-state index is 13.6. The summed E-state index contributed by atoms with van der Waals surface area (Å²) >= 11 is 0. The van der Waals surface area contributed by atoms with Crippen LogP contribution in [-0.4, -0.2) is 18.0 Å². The summed E-state index contributed by atoms with van der Waals surface area (Å²) in [5.41, 5.74) is -0.0945. The van der Waals surface area contributed by atoms with E-state index in [9.17, 15) is 13.6 Å². The molecule has 0 radical (unpaired) electrons. The average Bonchev–Trinajstić information content (AvgIpc) is 2.45. The van der Waals surface area contributed by atoms with Crippen LogP contribution in [0.4, 0.5) is 14.5 Å². The van der Waals surface area contributed by atoms with Gasteiger partial charge in [0.2, 0.25) is 0 Å². The molecule has 3 nitrogen and oxygen atoms in total. The van der Waals surface area contributed by atoms with E-state index < -0.39 is 11.6 Å². The molecule has 3 N–H and O–H groups in total. The van der Waals surface area contributed by atoms with E-state index in [0.717, 1.165) is 31.0 Å². The highest BCUT2D eigenvalue weighted by Crippen LogP contribution is 2.16. The molecule has 1 aromatic carbocycles. The molecule has 1 amide bonds. The molecule has 1 fully saturated rings. The Hall–Kier alpha value is -1.49. The summed E-state index contributed by atoms with van der Waals surface area (Å²) in [5.74, 6) is -1.46. The highest BCUT2D eigenvalue weighted by molar-refractivity contribution is 5.93. The van der Waals surface area contributed by atoms with Gasteiger partial charge in [-0.05, 0) is 44.7 Å². The lowest BCUT2D eigenvalue weighted by molar-refractivity contribution is -0.707. The number of hydrogen-bond acceptors (Lipinski definition) is 1. The first-order chi connectivity index (χ1) is 10.6. The van der Waals surface area contributed by atoms with E-state index in [1.807, 2.05) is 6.92 Å². The van der Waals surface area contributed by atoms with E-state index in [4.69, 9.17) is 0 Å². The second-order valence-corrected chi connectivity index (χ2v) is 6.20. The lowest BCUT2D eigenvalue weighted by Gasteiger charge is -2.21. The molecule has 0 aliphatic heterocycles. The summed E-state index contributed by atoms with van der Waals surface area (Å²) in [4.78, 5) is 12.2. The molecule has 0 unspecified atom stereocenters. The van der Waals surface area contributed by atoms with Crippen LogP contribution in [0.5, 0.6) is 0 Å². The van der Waals surface area contributed by atoms with Gasteiger partial charge in [0.05, 0.1) is 11.7 Å². The summed E-state index contributed by atoms with van der Waals surface area (Å²) in [7, 11) is 0. The Balaban J connectivity index is 1.89. The number of halogens is 2. The molecule has 122 valence electrons. The highest BCUT2D eigenvalue weighted by Gasteiger charge is 2.23. The normalized spacial score (nSPS) is 18.3. The first kappa shape index (κ1) is 16.9. The van der Waals surface area contributed by atoms with Crippen LogP contribution in [0.2, 0.25) is 0 Å². The van der Waals surface area contributed by atoms with Gasteiger partial charge >= 0.3 is 0 Å². The van der Waals surface area contributed by atoms with Gasteiger partial charge in [-0.25, -0.2) is 8.78 Å². The number of quaternary nitrogens is 1. The number of carbonyl (C=O) groups excluding carboxylic acids is 1. The summed E-state index contributed by atoms with van der Waals surface area (Å²) in [6, 6.07) is 3.20. The maximum Gasteiger partial charge on any atom is 0.282 e. The van der Waals surface area contributed by atoms with Crippen molar-refractivity contribution in [3.8, 4) is 0 Å². The van der Waals surface area contributed by atoms with Gasteiger partial charge in [-0.15, -0.1) is 0 Å². The minimum Gasteiger partial charge on any atom is -0.334 e. The summed E-state index contributed by atoms with van der Waals surface area (Å²) in [5, 5.41) is 4.55. The van der Waals surface area contributed by atoms with Gasteiger partial charge in [0.1, 0.15) is 11.6 Å². The number of benzene rings is 1. The topological polar surface area (TPSA) is 45.7 Å². The average molecular weight is 311 g/mol. The highest BCUT2D eigenvalue weighted by atomic mass is 19.1. The van der Waals surface area contributed by atoms with Gasteiger partial charge in [0.15, 0.2) is 6.04 Å². The summed E-state index contributed by atoms with van der Waals surface area (Å²) < 4.78 is 26.7. The van der Waals surface area contributed by atoms with Crippen molar-refractivity contribution in [1.82, 2.24) is 0 Å². The van der Waals surface area contributed by atoms with Gasteiger partial charge < -0.3 is 10.6 Å². The zero-order valence-electron chi connectivity index (χ0n) is 13.1. The third-order valence-corrected chi connectivity index (χ3v) is 4.31. The molecule has 22 heavy (non-hydrogen) atoms. The second-order valence-electron chi connectivity index (χ2n) is 6.20. The Morgan fingerprint density at radius 1 is 1.18 bits per heavy atom. The van der Waals surface area contributed by atoms with E-state index in [2.05, 4.69) is 10.6 Å². The number of nitrogens with one attached hydrogen (secondary N) is 1. The van der Waals surface area contributed by atoms with Gasteiger partial charge in [0.25, 0.3) is 5.91 Å². The van der Waals surface area contributed by atoms with Crippen molar-refractivity contribution >= 4 is 11.6 Å². The first-order valence-corrected chi connectivity index (χ1v) is 8.17. The van der Waals surface area contributed by atoms with Crippen LogP contribution in [0.3, 0.4) is 0 Å². The van der Waals surface area contributed by atoms with Crippen molar-refractivity contribution in [1.29, 1.82) is 0 Å². The van der Waals surface area contributed by atoms with Gasteiger partial charge in [-0.1, -0.05) is 19.3 Å². The Labute approximate surface area is 130 Å². The Morgan fingerprint density at radius 3 is 2.50 bits per heavy atom. The minimum atomic E-state index is -0.618. The molecule has 5 heteroatoms. The molecule has 0 saturated heterocycles. The largest absolute Gasteiger partial charge is 0.334 e. The number of carbonyl (C=O) groups is 1. The van der Waals surface area contributed by atoms with Gasteiger partial charge in [-0.3, -0.25) is 4.79 Å². The van der Waals surface area contributed by atoms with Crippen LogP contribution < -0.4 is 10.6 Å². The molecule has 0 spiro atoms. The maximum absolute atomic E-state index is 13.6. The molecule has 0 heterocycles. The van der Waals surface area contributed by atoms with Crippen LogP contribution in [0.1, 0.15) is 51.9 Å². The molecule has 1 aliphatic rings. The summed E-state index contributed by atoms with van der Waals surface area (Å²) in [6.07, 6.45) is 8.47. The van der Waals surface area contributed by atoms with Crippen LogP contribution in [0.25, 0.3) is 0 Å². The fourth-order valence-corrected chi connectivity index (χ4v) is 3.02. The molecular weight excluding hydrogens is 286 g/mol. The quantitative estimate of drug-likeness (QED) is 0.882.